The summed E-state index contributed by atoms with van der Waals surface area (Å²) in [5.41, 5.74) is 0.592. The zero-order chi connectivity index (χ0) is 14.6. The Morgan fingerprint density at radius 1 is 1.15 bits per heavy atom. The van der Waals surface area contributed by atoms with Crippen LogP contribution in [0.1, 0.15) is 45.1 Å². The average molecular weight is 273 g/mol. The van der Waals surface area contributed by atoms with Crippen LogP contribution in [0, 0.1) is 5.41 Å². The fraction of sp³-hybridized carbons (Fsp3) is 0.529. The van der Waals surface area contributed by atoms with Gasteiger partial charge in [-0.1, -0.05) is 50.6 Å². The summed E-state index contributed by atoms with van der Waals surface area (Å²) in [6.45, 7) is 4.44. The maximum Gasteiger partial charge on any atom is 0.235 e. The summed E-state index contributed by atoms with van der Waals surface area (Å²) < 4.78 is 0. The van der Waals surface area contributed by atoms with E-state index in [0.717, 1.165) is 24.8 Å². The van der Waals surface area contributed by atoms with E-state index < -0.39 is 5.41 Å². The van der Waals surface area contributed by atoms with Crippen molar-refractivity contribution in [1.29, 1.82) is 0 Å². The van der Waals surface area contributed by atoms with Gasteiger partial charge in [0.15, 0.2) is 0 Å². The number of imide groups is 1. The molecule has 3 nitrogen and oxygen atoms in total. The van der Waals surface area contributed by atoms with Gasteiger partial charge in [0.25, 0.3) is 0 Å². The van der Waals surface area contributed by atoms with Crippen LogP contribution >= 0.6 is 0 Å². The highest BCUT2D eigenvalue weighted by Crippen LogP contribution is 2.26. The minimum Gasteiger partial charge on any atom is -0.282 e. The number of rotatable bonds is 3. The van der Waals surface area contributed by atoms with Crippen LogP contribution in [-0.4, -0.2) is 23.3 Å². The van der Waals surface area contributed by atoms with Crippen LogP contribution in [0.4, 0.5) is 0 Å². The number of benzene rings is 1. The summed E-state index contributed by atoms with van der Waals surface area (Å²) in [7, 11) is 0. The number of hydrogen-bond donors (Lipinski definition) is 0. The molecule has 0 unspecified atom stereocenters. The highest BCUT2D eigenvalue weighted by molar-refractivity contribution is 5.98. The number of amides is 2. The van der Waals surface area contributed by atoms with Crippen molar-refractivity contribution in [3.63, 3.8) is 0 Å². The predicted octanol–water partition coefficient (Wildman–Crippen LogP) is 3.18. The molecule has 0 bridgehead atoms. The third-order valence-electron chi connectivity index (χ3n) is 3.89. The Labute approximate surface area is 121 Å². The van der Waals surface area contributed by atoms with Crippen molar-refractivity contribution in [1.82, 2.24) is 4.90 Å². The maximum absolute atomic E-state index is 12.7. The van der Waals surface area contributed by atoms with E-state index in [1.54, 1.807) is 0 Å². The van der Waals surface area contributed by atoms with Crippen molar-refractivity contribution in [3.8, 4) is 0 Å². The lowest BCUT2D eigenvalue weighted by atomic mass is 9.84. The Morgan fingerprint density at radius 2 is 1.85 bits per heavy atom. The quantitative estimate of drug-likeness (QED) is 0.848. The zero-order valence-electron chi connectivity index (χ0n) is 12.4. The molecule has 1 aromatic rings. The normalized spacial score (nSPS) is 16.9. The van der Waals surface area contributed by atoms with Crippen LogP contribution in [0.15, 0.2) is 30.3 Å². The molecule has 0 saturated carbocycles. The highest BCUT2D eigenvalue weighted by Gasteiger charge is 2.35. The molecule has 1 aromatic carbocycles. The summed E-state index contributed by atoms with van der Waals surface area (Å²) in [6, 6.07) is 9.98. The van der Waals surface area contributed by atoms with Gasteiger partial charge in [0.05, 0.1) is 0 Å². The van der Waals surface area contributed by atoms with Crippen molar-refractivity contribution in [2.75, 3.05) is 6.54 Å². The lowest BCUT2D eigenvalue weighted by Gasteiger charge is -2.30. The third-order valence-corrected chi connectivity index (χ3v) is 3.89. The van der Waals surface area contributed by atoms with Gasteiger partial charge in [-0.2, -0.15) is 0 Å². The van der Waals surface area contributed by atoms with E-state index in [9.17, 15) is 9.59 Å². The molecule has 1 aliphatic heterocycles. The standard InChI is InChI=1S/C17H23NO2/c1-17(2,13-14-9-5-3-6-10-14)16(20)18-12-8-4-7-11-15(18)19/h3,5-6,9-10H,4,7-8,11-13H2,1-2H3. The van der Waals surface area contributed by atoms with Gasteiger partial charge in [-0.3, -0.25) is 14.5 Å². The monoisotopic (exact) mass is 273 g/mol. The van der Waals surface area contributed by atoms with E-state index in [4.69, 9.17) is 0 Å². The molecule has 3 heteroatoms. The van der Waals surface area contributed by atoms with Crippen molar-refractivity contribution >= 4 is 11.8 Å². The first-order valence-electron chi connectivity index (χ1n) is 7.39. The Bertz CT molecular complexity index is 479. The SMILES string of the molecule is CC(C)(Cc1ccccc1)C(=O)N1CCCCCC1=O. The molecule has 2 rings (SSSR count). The van der Waals surface area contributed by atoms with Gasteiger partial charge >= 0.3 is 0 Å². The van der Waals surface area contributed by atoms with Gasteiger partial charge in [0, 0.05) is 18.4 Å². The van der Waals surface area contributed by atoms with E-state index in [0.29, 0.717) is 19.4 Å². The lowest BCUT2D eigenvalue weighted by molar-refractivity contribution is -0.150. The number of hydrogen-bond acceptors (Lipinski definition) is 2. The highest BCUT2D eigenvalue weighted by atomic mass is 16.2. The second-order valence-corrected chi connectivity index (χ2v) is 6.21. The fourth-order valence-electron chi connectivity index (χ4n) is 2.74. The van der Waals surface area contributed by atoms with E-state index >= 15 is 0 Å². The van der Waals surface area contributed by atoms with E-state index in [1.807, 2.05) is 44.2 Å². The first-order chi connectivity index (χ1) is 9.50. The Kier molecular flexibility index (Phi) is 4.58. The van der Waals surface area contributed by atoms with Crippen LogP contribution in [0.3, 0.4) is 0 Å². The molecule has 0 aliphatic carbocycles. The minimum atomic E-state index is -0.540. The fourth-order valence-corrected chi connectivity index (χ4v) is 2.74. The van der Waals surface area contributed by atoms with Gasteiger partial charge in [-0.15, -0.1) is 0 Å². The maximum atomic E-state index is 12.7. The number of nitrogens with zero attached hydrogens (tertiary/aromatic N) is 1. The largest absolute Gasteiger partial charge is 0.282 e. The van der Waals surface area contributed by atoms with Crippen LogP contribution in [0.2, 0.25) is 0 Å². The van der Waals surface area contributed by atoms with Gasteiger partial charge in [0.2, 0.25) is 11.8 Å². The van der Waals surface area contributed by atoms with Gasteiger partial charge in [-0.25, -0.2) is 0 Å². The molecule has 1 fully saturated rings. The average Bonchev–Trinajstić information content (AvgIpc) is 2.63. The summed E-state index contributed by atoms with van der Waals surface area (Å²) in [6.07, 6.45) is 4.04. The molecule has 0 N–H and O–H groups in total. The molecule has 0 atom stereocenters. The van der Waals surface area contributed by atoms with Gasteiger partial charge in [-0.05, 0) is 24.8 Å². The summed E-state index contributed by atoms with van der Waals surface area (Å²) >= 11 is 0. The Balaban J connectivity index is 2.11. The Morgan fingerprint density at radius 3 is 2.55 bits per heavy atom. The molecule has 2 amide bonds. The second kappa shape index (κ2) is 6.21. The smallest absolute Gasteiger partial charge is 0.235 e. The molecule has 1 heterocycles. The topological polar surface area (TPSA) is 37.4 Å². The van der Waals surface area contributed by atoms with Crippen molar-refractivity contribution in [3.05, 3.63) is 35.9 Å². The molecule has 0 spiro atoms. The minimum absolute atomic E-state index is 0.00589. The molecule has 0 aromatic heterocycles. The van der Waals surface area contributed by atoms with Gasteiger partial charge in [0.1, 0.15) is 0 Å². The first-order valence-corrected chi connectivity index (χ1v) is 7.39. The third kappa shape index (κ3) is 3.47. The zero-order valence-corrected chi connectivity index (χ0v) is 12.4. The molecule has 20 heavy (non-hydrogen) atoms. The molecular formula is C17H23NO2. The van der Waals surface area contributed by atoms with Crippen LogP contribution in [0.25, 0.3) is 0 Å². The molecule has 0 radical (unpaired) electrons. The van der Waals surface area contributed by atoms with Crippen LogP contribution < -0.4 is 0 Å². The van der Waals surface area contributed by atoms with Crippen LogP contribution in [0.5, 0.6) is 0 Å². The van der Waals surface area contributed by atoms with Crippen molar-refractivity contribution < 1.29 is 9.59 Å². The molecule has 1 saturated heterocycles. The van der Waals surface area contributed by atoms with Crippen molar-refractivity contribution in [2.24, 2.45) is 5.41 Å². The predicted molar refractivity (Wildman–Crippen MR) is 79.1 cm³/mol. The molecular weight excluding hydrogens is 250 g/mol. The van der Waals surface area contributed by atoms with E-state index in [1.165, 1.54) is 4.90 Å². The van der Waals surface area contributed by atoms with Crippen LogP contribution in [-0.2, 0) is 16.0 Å². The molecule has 108 valence electrons. The van der Waals surface area contributed by atoms with E-state index in [-0.39, 0.29) is 11.8 Å². The summed E-state index contributed by atoms with van der Waals surface area (Å²) in [5, 5.41) is 0. The number of carbonyl (C=O) groups excluding carboxylic acids is 2. The van der Waals surface area contributed by atoms with E-state index in [2.05, 4.69) is 0 Å². The van der Waals surface area contributed by atoms with Gasteiger partial charge < -0.3 is 0 Å². The second-order valence-electron chi connectivity index (χ2n) is 6.21. The first kappa shape index (κ1) is 14.8. The number of likely N-dealkylation sites (tertiary alicyclic amines) is 1. The summed E-state index contributed by atoms with van der Waals surface area (Å²) in [5.74, 6) is -0.0399. The molecule has 1 aliphatic rings. The van der Waals surface area contributed by atoms with Crippen molar-refractivity contribution in [2.45, 2.75) is 46.0 Å². The Hall–Kier alpha value is -1.64. The lowest BCUT2D eigenvalue weighted by Crippen LogP contribution is -2.45. The number of carbonyl (C=O) groups is 2. The summed E-state index contributed by atoms with van der Waals surface area (Å²) in [4.78, 5) is 26.2.